The zero-order valence-corrected chi connectivity index (χ0v) is 23.0. The number of benzene rings is 2. The molecule has 4 bridgehead atoms. The molecule has 2 fully saturated rings. The second kappa shape index (κ2) is 9.69. The molecular formula is C33H30IrN2-2. The summed E-state index contributed by atoms with van der Waals surface area (Å²) in [4.78, 5) is 9.05. The molecule has 2 nitrogen and oxygen atoms in total. The number of hydrogen-bond acceptors (Lipinski definition) is 2. The Morgan fingerprint density at radius 2 is 1.53 bits per heavy atom. The van der Waals surface area contributed by atoms with Crippen LogP contribution >= 0.6 is 0 Å². The van der Waals surface area contributed by atoms with E-state index in [0.29, 0.717) is 0 Å². The second-order valence-electron chi connectivity index (χ2n) is 10.8. The summed E-state index contributed by atoms with van der Waals surface area (Å²) in [6.07, 6.45) is 12.2. The summed E-state index contributed by atoms with van der Waals surface area (Å²) in [5.74, 6) is 3.21. The average Bonchev–Trinajstić information content (AvgIpc) is 3.72. The third-order valence-electron chi connectivity index (χ3n) is 8.80. The van der Waals surface area contributed by atoms with Crippen LogP contribution in [-0.2, 0) is 20.1 Å². The number of hydrogen-bond donors (Lipinski definition) is 0. The molecule has 36 heavy (non-hydrogen) atoms. The van der Waals surface area contributed by atoms with Gasteiger partial charge in [0.15, 0.2) is 0 Å². The Morgan fingerprint density at radius 1 is 0.750 bits per heavy atom. The van der Waals surface area contributed by atoms with Crippen LogP contribution in [0, 0.1) is 19.1 Å². The van der Waals surface area contributed by atoms with E-state index in [1.807, 2.05) is 42.5 Å². The van der Waals surface area contributed by atoms with E-state index >= 15 is 0 Å². The van der Waals surface area contributed by atoms with Gasteiger partial charge in [-0.2, -0.15) is 0 Å². The largest absolute Gasteiger partial charge is 0.305 e. The number of nitrogens with zero attached hydrogens (tertiary/aromatic N) is 2. The van der Waals surface area contributed by atoms with Gasteiger partial charge >= 0.3 is 0 Å². The Labute approximate surface area is 228 Å². The van der Waals surface area contributed by atoms with Crippen molar-refractivity contribution >= 4 is 0 Å². The van der Waals surface area contributed by atoms with E-state index in [4.69, 9.17) is 4.98 Å². The van der Waals surface area contributed by atoms with Crippen LogP contribution in [0.25, 0.3) is 22.5 Å². The van der Waals surface area contributed by atoms with Gasteiger partial charge in [-0.15, -0.1) is 70.3 Å². The molecule has 0 saturated heterocycles. The van der Waals surface area contributed by atoms with Crippen LogP contribution in [0.3, 0.4) is 0 Å². The van der Waals surface area contributed by atoms with Crippen molar-refractivity contribution < 1.29 is 20.1 Å². The SMILES string of the molecule is Cc1cc(-c2cc3c(cn2)C2CCC3C2)[c-]c2c1C1CCC2C1.[Ir].[c-]1ccccc1-c1ccccn1. The fourth-order valence-electron chi connectivity index (χ4n) is 7.21. The molecule has 1 radical (unpaired) electrons. The molecule has 2 aromatic carbocycles. The smallest absolute Gasteiger partial charge is 0.0198 e. The van der Waals surface area contributed by atoms with Crippen LogP contribution in [0.2, 0.25) is 0 Å². The first kappa shape index (κ1) is 23.8. The molecule has 3 heteroatoms. The minimum atomic E-state index is 0. The van der Waals surface area contributed by atoms with Crippen molar-refractivity contribution in [2.24, 2.45) is 0 Å². The van der Waals surface area contributed by atoms with E-state index in [2.05, 4.69) is 42.4 Å². The summed E-state index contributed by atoms with van der Waals surface area (Å²) in [5, 5.41) is 0. The molecule has 0 N–H and O–H groups in total. The zero-order chi connectivity index (χ0) is 23.4. The summed E-state index contributed by atoms with van der Waals surface area (Å²) in [7, 11) is 0. The van der Waals surface area contributed by atoms with E-state index in [1.54, 1.807) is 22.9 Å². The molecule has 4 atom stereocenters. The van der Waals surface area contributed by atoms with Crippen molar-refractivity contribution in [3.8, 4) is 22.5 Å². The minimum absolute atomic E-state index is 0. The number of rotatable bonds is 2. The molecule has 0 amide bonds. The quantitative estimate of drug-likeness (QED) is 0.206. The van der Waals surface area contributed by atoms with Crippen LogP contribution in [0.4, 0.5) is 0 Å². The standard InChI is InChI=1S/C22H22N.C11H8N.Ir/c1-12-6-17(9-19-14-4-5-16(8-14)22(12)19)21-10-18-13-2-3-15(7-13)20(18)11-23-21;1-2-6-10(7-3-1)11-8-4-5-9-12-11;/h6,10-11,13-16H,2-5,7-8H2,1H3;1-6,8-9H;/q2*-1;. The summed E-state index contributed by atoms with van der Waals surface area (Å²) < 4.78 is 0. The van der Waals surface area contributed by atoms with Crippen molar-refractivity contribution in [3.63, 3.8) is 0 Å². The van der Waals surface area contributed by atoms with Crippen LogP contribution in [-0.4, -0.2) is 9.97 Å². The van der Waals surface area contributed by atoms with E-state index in [-0.39, 0.29) is 20.1 Å². The Hall–Kier alpha value is -2.61. The van der Waals surface area contributed by atoms with Gasteiger partial charge in [0.1, 0.15) is 0 Å². The number of aryl methyl sites for hydroxylation is 1. The van der Waals surface area contributed by atoms with Gasteiger partial charge in [0.05, 0.1) is 0 Å². The van der Waals surface area contributed by atoms with Gasteiger partial charge in [-0.05, 0) is 84.4 Å². The predicted octanol–water partition coefficient (Wildman–Crippen LogP) is 8.13. The van der Waals surface area contributed by atoms with Crippen molar-refractivity contribution in [1.29, 1.82) is 0 Å². The van der Waals surface area contributed by atoms with E-state index in [0.717, 1.165) is 40.6 Å². The fourth-order valence-corrected chi connectivity index (χ4v) is 7.21. The topological polar surface area (TPSA) is 25.8 Å². The molecule has 2 saturated carbocycles. The number of fused-ring (bicyclic) bond motifs is 10. The molecular weight excluding hydrogens is 617 g/mol. The van der Waals surface area contributed by atoms with Crippen LogP contribution in [0.5, 0.6) is 0 Å². The molecule has 4 unspecified atom stereocenters. The molecule has 0 aliphatic heterocycles. The molecule has 8 rings (SSSR count). The maximum Gasteiger partial charge on any atom is 0.0198 e. The van der Waals surface area contributed by atoms with Gasteiger partial charge in [-0.3, -0.25) is 0 Å². The van der Waals surface area contributed by atoms with Crippen molar-refractivity contribution in [2.45, 2.75) is 69.1 Å². The summed E-state index contributed by atoms with van der Waals surface area (Å²) in [6.45, 7) is 2.30. The Bertz CT molecular complexity index is 1340. The summed E-state index contributed by atoms with van der Waals surface area (Å²) >= 11 is 0. The fraction of sp³-hybridized carbons (Fsp3) is 0.333. The number of pyridine rings is 2. The summed E-state index contributed by atoms with van der Waals surface area (Å²) in [6, 6.07) is 25.3. The molecule has 0 spiro atoms. The third kappa shape index (κ3) is 4.07. The summed E-state index contributed by atoms with van der Waals surface area (Å²) in [5.41, 5.74) is 12.2. The molecule has 4 aliphatic rings. The van der Waals surface area contributed by atoms with Crippen molar-refractivity contribution in [3.05, 3.63) is 107 Å². The first-order chi connectivity index (χ1) is 17.2. The molecule has 4 aliphatic carbocycles. The second-order valence-corrected chi connectivity index (χ2v) is 10.8. The third-order valence-corrected chi connectivity index (χ3v) is 8.80. The number of aromatic nitrogens is 2. The van der Waals surface area contributed by atoms with Crippen LogP contribution in [0.1, 0.15) is 90.0 Å². The predicted molar refractivity (Wildman–Crippen MR) is 140 cm³/mol. The Kier molecular flexibility index (Phi) is 6.40. The molecule has 4 aromatic rings. The van der Waals surface area contributed by atoms with E-state index < -0.39 is 0 Å². The van der Waals surface area contributed by atoms with Crippen molar-refractivity contribution in [2.75, 3.05) is 0 Å². The first-order valence-electron chi connectivity index (χ1n) is 13.2. The van der Waals surface area contributed by atoms with Crippen molar-refractivity contribution in [1.82, 2.24) is 9.97 Å². The van der Waals surface area contributed by atoms with Gasteiger partial charge in [-0.1, -0.05) is 31.5 Å². The molecule has 183 valence electrons. The van der Waals surface area contributed by atoms with Crippen LogP contribution in [0.15, 0.2) is 67.0 Å². The van der Waals surface area contributed by atoms with E-state index in [1.165, 1.54) is 55.2 Å². The van der Waals surface area contributed by atoms with Gasteiger partial charge in [0.25, 0.3) is 0 Å². The first-order valence-corrected chi connectivity index (χ1v) is 13.2. The maximum atomic E-state index is 4.84. The monoisotopic (exact) mass is 647 g/mol. The van der Waals surface area contributed by atoms with Crippen LogP contribution < -0.4 is 0 Å². The average molecular weight is 647 g/mol. The van der Waals surface area contributed by atoms with Gasteiger partial charge < -0.3 is 9.97 Å². The van der Waals surface area contributed by atoms with Gasteiger partial charge in [-0.25, -0.2) is 0 Å². The zero-order valence-electron chi connectivity index (χ0n) is 20.6. The Balaban J connectivity index is 0.000000158. The molecule has 2 aromatic heterocycles. The normalized spacial score (nSPS) is 23.9. The molecule has 2 heterocycles. The maximum absolute atomic E-state index is 4.84. The van der Waals surface area contributed by atoms with Gasteiger partial charge in [0.2, 0.25) is 0 Å². The minimum Gasteiger partial charge on any atom is -0.305 e. The van der Waals surface area contributed by atoms with Gasteiger partial charge in [0, 0.05) is 32.5 Å². The Morgan fingerprint density at radius 3 is 2.33 bits per heavy atom. The van der Waals surface area contributed by atoms with E-state index in [9.17, 15) is 0 Å².